The van der Waals surface area contributed by atoms with Gasteiger partial charge in [0.2, 0.25) is 0 Å². The van der Waals surface area contributed by atoms with Crippen LogP contribution in [0.25, 0.3) is 0 Å². The Morgan fingerprint density at radius 2 is 1.58 bits per heavy atom. The number of carbonyl (C=O) groups excluding carboxylic acids is 1. The smallest absolute Gasteiger partial charge is 0.261 e. The Kier molecular flexibility index (Phi) is 6.39. The summed E-state index contributed by atoms with van der Waals surface area (Å²) in [5.41, 5.74) is 6.61. The molecule has 0 saturated carbocycles. The van der Waals surface area contributed by atoms with Gasteiger partial charge in [-0.1, -0.05) is 32.0 Å². The third-order valence-corrected chi connectivity index (χ3v) is 5.86. The predicted molar refractivity (Wildman–Crippen MR) is 104 cm³/mol. The summed E-state index contributed by atoms with van der Waals surface area (Å²) in [6.45, 7) is 4.33. The van der Waals surface area contributed by atoms with E-state index in [1.54, 1.807) is 30.3 Å². The molecule has 6 nitrogen and oxygen atoms in total. The topological polar surface area (TPSA) is 101 Å². The van der Waals surface area contributed by atoms with Gasteiger partial charge in [0.25, 0.3) is 15.9 Å². The lowest BCUT2D eigenvalue weighted by Gasteiger charge is -2.26. The lowest BCUT2D eigenvalue weighted by atomic mass is 9.94. The summed E-state index contributed by atoms with van der Waals surface area (Å²) in [4.78, 5) is 12.3. The van der Waals surface area contributed by atoms with E-state index in [2.05, 4.69) is 10.0 Å². The van der Waals surface area contributed by atoms with Gasteiger partial charge in [-0.2, -0.15) is 0 Å². The van der Waals surface area contributed by atoms with Gasteiger partial charge in [0, 0.05) is 23.3 Å². The molecular weight excluding hydrogens is 350 g/mol. The minimum atomic E-state index is -3.70. The van der Waals surface area contributed by atoms with Gasteiger partial charge in [0.05, 0.1) is 4.90 Å². The van der Waals surface area contributed by atoms with Crippen LogP contribution in [-0.4, -0.2) is 26.4 Å². The minimum absolute atomic E-state index is 0.0909. The highest BCUT2D eigenvalue weighted by Gasteiger charge is 2.21. The number of hydrogen-bond acceptors (Lipinski definition) is 4. The zero-order chi connectivity index (χ0) is 19.2. The van der Waals surface area contributed by atoms with Gasteiger partial charge in [0.1, 0.15) is 0 Å². The van der Waals surface area contributed by atoms with E-state index in [9.17, 15) is 13.2 Å². The first-order chi connectivity index (χ1) is 12.3. The van der Waals surface area contributed by atoms with Crippen LogP contribution in [0.1, 0.15) is 37.0 Å². The zero-order valence-corrected chi connectivity index (χ0v) is 15.8. The molecular formula is C19H25N3O3S. The fraction of sp³-hybridized carbons (Fsp3) is 0.316. The lowest BCUT2D eigenvalue weighted by molar-refractivity contribution is 0.0942. The molecule has 0 radical (unpaired) electrons. The third kappa shape index (κ3) is 5.06. The van der Waals surface area contributed by atoms with Crippen LogP contribution in [0.3, 0.4) is 0 Å². The average molecular weight is 375 g/mol. The number of sulfonamides is 1. The largest absolute Gasteiger partial charge is 0.350 e. The highest BCUT2D eigenvalue weighted by molar-refractivity contribution is 7.92. The van der Waals surface area contributed by atoms with Gasteiger partial charge in [-0.3, -0.25) is 9.52 Å². The standard InChI is InChI=1S/C19H25N3O3S/c1-3-19(20,4-2)14-21-18(23)15-10-12-17(13-11-15)26(24,25)22-16-8-6-5-7-9-16/h5-13,22H,3-4,14,20H2,1-2H3,(H,21,23). The second kappa shape index (κ2) is 8.33. The molecule has 7 heteroatoms. The number of amides is 1. The van der Waals surface area contributed by atoms with Crippen molar-refractivity contribution in [2.75, 3.05) is 11.3 Å². The first-order valence-corrected chi connectivity index (χ1v) is 10.0. The molecule has 0 atom stereocenters. The van der Waals surface area contributed by atoms with Gasteiger partial charge in [-0.25, -0.2) is 8.42 Å². The number of anilines is 1. The monoisotopic (exact) mass is 375 g/mol. The summed E-state index contributed by atoms with van der Waals surface area (Å²) >= 11 is 0. The van der Waals surface area contributed by atoms with Crippen LogP contribution in [0, 0.1) is 0 Å². The molecule has 0 unspecified atom stereocenters. The Bertz CT molecular complexity index is 830. The van der Waals surface area contributed by atoms with Gasteiger partial charge in [0.15, 0.2) is 0 Å². The number of rotatable bonds is 8. The van der Waals surface area contributed by atoms with Crippen LogP contribution in [0.2, 0.25) is 0 Å². The van der Waals surface area contributed by atoms with Crippen molar-refractivity contribution in [2.24, 2.45) is 5.73 Å². The van der Waals surface area contributed by atoms with Crippen molar-refractivity contribution >= 4 is 21.6 Å². The Labute approximate surface area is 154 Å². The molecule has 4 N–H and O–H groups in total. The molecule has 0 aliphatic rings. The first-order valence-electron chi connectivity index (χ1n) is 8.54. The van der Waals surface area contributed by atoms with Gasteiger partial charge < -0.3 is 11.1 Å². The van der Waals surface area contributed by atoms with E-state index in [4.69, 9.17) is 5.73 Å². The lowest BCUT2D eigenvalue weighted by Crippen LogP contribution is -2.49. The molecule has 0 aliphatic carbocycles. The SMILES string of the molecule is CCC(N)(CC)CNC(=O)c1ccc(S(=O)(=O)Nc2ccccc2)cc1. The van der Waals surface area contributed by atoms with Crippen LogP contribution in [0.15, 0.2) is 59.5 Å². The highest BCUT2D eigenvalue weighted by Crippen LogP contribution is 2.16. The molecule has 0 aromatic heterocycles. The molecule has 0 bridgehead atoms. The number of para-hydroxylation sites is 1. The fourth-order valence-electron chi connectivity index (χ4n) is 2.36. The van der Waals surface area contributed by atoms with Gasteiger partial charge in [-0.15, -0.1) is 0 Å². The normalized spacial score (nSPS) is 11.8. The van der Waals surface area contributed by atoms with E-state index in [0.717, 1.165) is 12.8 Å². The minimum Gasteiger partial charge on any atom is -0.350 e. The van der Waals surface area contributed by atoms with Crippen molar-refractivity contribution < 1.29 is 13.2 Å². The number of nitrogens with one attached hydrogen (secondary N) is 2. The van der Waals surface area contributed by atoms with E-state index >= 15 is 0 Å². The molecule has 26 heavy (non-hydrogen) atoms. The highest BCUT2D eigenvalue weighted by atomic mass is 32.2. The molecule has 1 amide bonds. The van der Waals surface area contributed by atoms with Crippen LogP contribution in [0.5, 0.6) is 0 Å². The van der Waals surface area contributed by atoms with Crippen molar-refractivity contribution in [2.45, 2.75) is 37.1 Å². The predicted octanol–water partition coefficient (Wildman–Crippen LogP) is 2.73. The Hall–Kier alpha value is -2.38. The third-order valence-electron chi connectivity index (χ3n) is 4.46. The Morgan fingerprint density at radius 3 is 2.12 bits per heavy atom. The molecule has 0 aliphatic heterocycles. The average Bonchev–Trinajstić information content (AvgIpc) is 2.66. The van der Waals surface area contributed by atoms with E-state index in [1.165, 1.54) is 24.3 Å². The number of hydrogen-bond donors (Lipinski definition) is 3. The fourth-order valence-corrected chi connectivity index (χ4v) is 3.42. The van der Waals surface area contributed by atoms with Gasteiger partial charge >= 0.3 is 0 Å². The molecule has 0 fully saturated rings. The molecule has 2 aromatic rings. The molecule has 0 heterocycles. The number of benzene rings is 2. The van der Waals surface area contributed by atoms with Gasteiger partial charge in [-0.05, 0) is 49.2 Å². The van der Waals surface area contributed by atoms with Crippen LogP contribution in [-0.2, 0) is 10.0 Å². The maximum atomic E-state index is 12.4. The number of carbonyl (C=O) groups is 1. The van der Waals surface area contributed by atoms with E-state index in [0.29, 0.717) is 17.8 Å². The molecule has 0 spiro atoms. The maximum Gasteiger partial charge on any atom is 0.261 e. The summed E-state index contributed by atoms with van der Waals surface area (Å²) < 4.78 is 27.3. The van der Waals surface area contributed by atoms with E-state index < -0.39 is 15.6 Å². The summed E-state index contributed by atoms with van der Waals surface area (Å²) in [7, 11) is -3.70. The molecule has 0 saturated heterocycles. The second-order valence-corrected chi connectivity index (χ2v) is 7.93. The number of nitrogens with two attached hydrogens (primary N) is 1. The van der Waals surface area contributed by atoms with E-state index in [1.807, 2.05) is 13.8 Å². The van der Waals surface area contributed by atoms with Crippen molar-refractivity contribution in [1.29, 1.82) is 0 Å². The first kappa shape index (κ1) is 19.9. The van der Waals surface area contributed by atoms with Crippen molar-refractivity contribution in [3.8, 4) is 0 Å². The Morgan fingerprint density at radius 1 is 1.00 bits per heavy atom. The van der Waals surface area contributed by atoms with Crippen LogP contribution in [0.4, 0.5) is 5.69 Å². The molecule has 140 valence electrons. The van der Waals surface area contributed by atoms with Crippen molar-refractivity contribution in [3.05, 3.63) is 60.2 Å². The zero-order valence-electron chi connectivity index (χ0n) is 15.0. The quantitative estimate of drug-likeness (QED) is 0.660. The summed E-state index contributed by atoms with van der Waals surface area (Å²) in [5, 5.41) is 2.81. The van der Waals surface area contributed by atoms with E-state index in [-0.39, 0.29) is 10.8 Å². The summed E-state index contributed by atoms with van der Waals surface area (Å²) in [6.07, 6.45) is 1.51. The van der Waals surface area contributed by atoms with Crippen molar-refractivity contribution in [3.63, 3.8) is 0 Å². The molecule has 2 aromatic carbocycles. The molecule has 2 rings (SSSR count). The summed E-state index contributed by atoms with van der Waals surface area (Å²) in [6, 6.07) is 14.4. The maximum absolute atomic E-state index is 12.4. The van der Waals surface area contributed by atoms with Crippen LogP contribution >= 0.6 is 0 Å². The Balaban J connectivity index is 2.06. The van der Waals surface area contributed by atoms with Crippen LogP contribution < -0.4 is 15.8 Å². The second-order valence-electron chi connectivity index (χ2n) is 6.25. The van der Waals surface area contributed by atoms with Crippen molar-refractivity contribution in [1.82, 2.24) is 5.32 Å². The summed E-state index contributed by atoms with van der Waals surface area (Å²) in [5.74, 6) is -0.276.